The molecule has 0 aliphatic carbocycles. The van der Waals surface area contributed by atoms with Crippen molar-refractivity contribution < 1.29 is 4.74 Å². The molecule has 1 heterocycles. The summed E-state index contributed by atoms with van der Waals surface area (Å²) in [5.41, 5.74) is 7.64. The van der Waals surface area contributed by atoms with E-state index in [2.05, 4.69) is 18.8 Å². The third-order valence-corrected chi connectivity index (χ3v) is 3.27. The maximum atomic E-state index is 9.04. The molecule has 0 amide bonds. The lowest BCUT2D eigenvalue weighted by molar-refractivity contribution is 0.461. The molecule has 1 aromatic heterocycles. The molecule has 0 aliphatic rings. The number of nitrogens with zero attached hydrogens (tertiary/aromatic N) is 2. The average molecular weight is 267 g/mol. The van der Waals surface area contributed by atoms with Crippen molar-refractivity contribution in [1.82, 2.24) is 4.98 Å². The summed E-state index contributed by atoms with van der Waals surface area (Å²) < 4.78 is 5.63. The van der Waals surface area contributed by atoms with E-state index in [4.69, 9.17) is 15.7 Å². The summed E-state index contributed by atoms with van der Waals surface area (Å²) in [6.07, 6.45) is 2.57. The Hall–Kier alpha value is -2.54. The molecule has 0 bridgehead atoms. The van der Waals surface area contributed by atoms with Crippen LogP contribution >= 0.6 is 0 Å². The van der Waals surface area contributed by atoms with Gasteiger partial charge in [0.15, 0.2) is 0 Å². The number of hydrogen-bond acceptors (Lipinski definition) is 4. The Morgan fingerprint density at radius 1 is 1.35 bits per heavy atom. The molecule has 0 spiro atoms. The van der Waals surface area contributed by atoms with Crippen LogP contribution < -0.4 is 10.5 Å². The summed E-state index contributed by atoms with van der Waals surface area (Å²) in [5.74, 6) is 1.46. The second kappa shape index (κ2) is 6.07. The fourth-order valence-electron chi connectivity index (χ4n) is 1.84. The van der Waals surface area contributed by atoms with Gasteiger partial charge in [-0.2, -0.15) is 5.26 Å². The van der Waals surface area contributed by atoms with Crippen molar-refractivity contribution in [2.45, 2.75) is 26.2 Å². The first-order chi connectivity index (χ1) is 9.63. The van der Waals surface area contributed by atoms with Gasteiger partial charge < -0.3 is 10.5 Å². The van der Waals surface area contributed by atoms with Gasteiger partial charge in [0.1, 0.15) is 17.4 Å². The molecule has 0 saturated carbocycles. The number of aromatic nitrogens is 1. The van der Waals surface area contributed by atoms with Crippen molar-refractivity contribution in [3.05, 3.63) is 47.7 Å². The molecule has 2 rings (SSSR count). The largest absolute Gasteiger partial charge is 0.438 e. The third kappa shape index (κ3) is 3.07. The first-order valence-electron chi connectivity index (χ1n) is 6.57. The third-order valence-electron chi connectivity index (χ3n) is 3.27. The van der Waals surface area contributed by atoms with Crippen LogP contribution in [-0.2, 0) is 0 Å². The van der Waals surface area contributed by atoms with Crippen LogP contribution in [0.1, 0.15) is 37.3 Å². The van der Waals surface area contributed by atoms with Crippen molar-refractivity contribution >= 4 is 5.69 Å². The van der Waals surface area contributed by atoms with Gasteiger partial charge in [-0.15, -0.1) is 0 Å². The first-order valence-corrected chi connectivity index (χ1v) is 6.57. The number of hydrogen-bond donors (Lipinski definition) is 1. The smallest absolute Gasteiger partial charge is 0.237 e. The number of ether oxygens (including phenoxy) is 1. The van der Waals surface area contributed by atoms with Crippen LogP contribution in [0.15, 0.2) is 36.5 Å². The zero-order valence-electron chi connectivity index (χ0n) is 11.6. The molecule has 4 nitrogen and oxygen atoms in total. The molecule has 0 fully saturated rings. The van der Waals surface area contributed by atoms with Crippen molar-refractivity contribution in [2.24, 2.45) is 0 Å². The van der Waals surface area contributed by atoms with Crippen molar-refractivity contribution in [2.75, 3.05) is 5.73 Å². The number of nitrogens with two attached hydrogens (primary N) is 1. The normalized spacial score (nSPS) is 11.7. The van der Waals surface area contributed by atoms with Gasteiger partial charge in [-0.1, -0.05) is 26.0 Å². The second-order valence-electron chi connectivity index (χ2n) is 4.71. The standard InChI is InChI=1S/C16H17N3O/c1-3-11(2)12-4-6-15(7-5-12)20-16-13(9-17)8-14(18)10-19-16/h4-8,10-11H,3,18H2,1-2H3. The summed E-state index contributed by atoms with van der Waals surface area (Å²) in [4.78, 5) is 4.05. The fraction of sp³-hybridized carbons (Fsp3) is 0.250. The Bertz CT molecular complexity index is 629. The molecule has 2 N–H and O–H groups in total. The van der Waals surface area contributed by atoms with Crippen LogP contribution in [0.4, 0.5) is 5.69 Å². The second-order valence-corrected chi connectivity index (χ2v) is 4.71. The van der Waals surface area contributed by atoms with E-state index in [-0.39, 0.29) is 5.88 Å². The summed E-state index contributed by atoms with van der Waals surface area (Å²) in [6.45, 7) is 4.34. The van der Waals surface area contributed by atoms with Crippen LogP contribution in [0, 0.1) is 11.3 Å². The zero-order chi connectivity index (χ0) is 14.5. The van der Waals surface area contributed by atoms with Crippen LogP contribution in [0.3, 0.4) is 0 Å². The number of pyridine rings is 1. The summed E-state index contributed by atoms with van der Waals surface area (Å²) in [5, 5.41) is 9.04. The van der Waals surface area contributed by atoms with Gasteiger partial charge in [0.05, 0.1) is 11.9 Å². The quantitative estimate of drug-likeness (QED) is 0.913. The zero-order valence-corrected chi connectivity index (χ0v) is 11.6. The molecule has 2 aromatic rings. The number of nitrogen functional groups attached to an aromatic ring is 1. The van der Waals surface area contributed by atoms with E-state index >= 15 is 0 Å². The molecule has 20 heavy (non-hydrogen) atoms. The van der Waals surface area contributed by atoms with Gasteiger partial charge in [-0.05, 0) is 36.1 Å². The van der Waals surface area contributed by atoms with Gasteiger partial charge in [-0.25, -0.2) is 4.98 Å². The topological polar surface area (TPSA) is 71.9 Å². The number of rotatable bonds is 4. The molecule has 0 radical (unpaired) electrons. The first kappa shape index (κ1) is 13.9. The van der Waals surface area contributed by atoms with E-state index in [0.717, 1.165) is 6.42 Å². The van der Waals surface area contributed by atoms with Crippen molar-refractivity contribution in [3.63, 3.8) is 0 Å². The van der Waals surface area contributed by atoms with Gasteiger partial charge in [-0.3, -0.25) is 0 Å². The molecule has 0 saturated heterocycles. The van der Waals surface area contributed by atoms with Gasteiger partial charge in [0.2, 0.25) is 5.88 Å². The summed E-state index contributed by atoms with van der Waals surface area (Å²) in [6, 6.07) is 11.4. The predicted molar refractivity (Wildman–Crippen MR) is 78.6 cm³/mol. The number of nitriles is 1. The lowest BCUT2D eigenvalue weighted by Gasteiger charge is -2.10. The van der Waals surface area contributed by atoms with Crippen LogP contribution in [0.2, 0.25) is 0 Å². The highest BCUT2D eigenvalue weighted by Gasteiger charge is 2.08. The molecule has 0 aliphatic heterocycles. The molecular weight excluding hydrogens is 250 g/mol. The number of benzene rings is 1. The van der Waals surface area contributed by atoms with Crippen molar-refractivity contribution in [3.8, 4) is 17.7 Å². The molecule has 4 heteroatoms. The van der Waals surface area contributed by atoms with Crippen molar-refractivity contribution in [1.29, 1.82) is 5.26 Å². The summed E-state index contributed by atoms with van der Waals surface area (Å²) in [7, 11) is 0. The highest BCUT2D eigenvalue weighted by Crippen LogP contribution is 2.26. The lowest BCUT2D eigenvalue weighted by Crippen LogP contribution is -1.95. The highest BCUT2D eigenvalue weighted by molar-refractivity contribution is 5.49. The Balaban J connectivity index is 2.21. The Morgan fingerprint density at radius 3 is 2.65 bits per heavy atom. The van der Waals surface area contributed by atoms with E-state index in [1.807, 2.05) is 30.3 Å². The van der Waals surface area contributed by atoms with E-state index < -0.39 is 0 Å². The predicted octanol–water partition coefficient (Wildman–Crippen LogP) is 3.84. The highest BCUT2D eigenvalue weighted by atomic mass is 16.5. The van der Waals surface area contributed by atoms with E-state index in [9.17, 15) is 0 Å². The molecule has 1 aromatic carbocycles. The minimum atomic E-state index is 0.276. The fourth-order valence-corrected chi connectivity index (χ4v) is 1.84. The lowest BCUT2D eigenvalue weighted by atomic mass is 9.99. The summed E-state index contributed by atoms with van der Waals surface area (Å²) >= 11 is 0. The molecule has 1 unspecified atom stereocenters. The Kier molecular flexibility index (Phi) is 4.21. The molecule has 1 atom stereocenters. The van der Waals surface area contributed by atoms with Crippen LogP contribution in [0.25, 0.3) is 0 Å². The molecule has 102 valence electrons. The Morgan fingerprint density at radius 2 is 2.05 bits per heavy atom. The maximum absolute atomic E-state index is 9.04. The molecular formula is C16H17N3O. The average Bonchev–Trinajstić information content (AvgIpc) is 2.49. The van der Waals surface area contributed by atoms with Crippen LogP contribution in [-0.4, -0.2) is 4.98 Å². The van der Waals surface area contributed by atoms with Crippen LogP contribution in [0.5, 0.6) is 11.6 Å². The monoisotopic (exact) mass is 267 g/mol. The minimum Gasteiger partial charge on any atom is -0.438 e. The number of anilines is 1. The van der Waals surface area contributed by atoms with E-state index in [1.54, 1.807) is 6.07 Å². The Labute approximate surface area is 118 Å². The van der Waals surface area contributed by atoms with Gasteiger partial charge in [0, 0.05) is 0 Å². The van der Waals surface area contributed by atoms with E-state index in [1.165, 1.54) is 11.8 Å². The SMILES string of the molecule is CCC(C)c1ccc(Oc2ncc(N)cc2C#N)cc1. The minimum absolute atomic E-state index is 0.276. The van der Waals surface area contributed by atoms with E-state index in [0.29, 0.717) is 22.9 Å². The maximum Gasteiger partial charge on any atom is 0.237 e. The van der Waals surface area contributed by atoms with Gasteiger partial charge >= 0.3 is 0 Å². The van der Waals surface area contributed by atoms with Gasteiger partial charge in [0.25, 0.3) is 0 Å².